The third-order valence-electron chi connectivity index (χ3n) is 1.84. The summed E-state index contributed by atoms with van der Waals surface area (Å²) < 4.78 is 21.5. The van der Waals surface area contributed by atoms with Gasteiger partial charge >= 0.3 is 0 Å². The first-order valence-corrected chi connectivity index (χ1v) is 6.57. The van der Waals surface area contributed by atoms with Gasteiger partial charge in [-0.05, 0) is 19.4 Å². The van der Waals surface area contributed by atoms with Gasteiger partial charge in [0.2, 0.25) is 0 Å². The molecule has 0 aromatic rings. The summed E-state index contributed by atoms with van der Waals surface area (Å²) in [6.07, 6.45) is 2.70. The fraction of sp³-hybridized carbons (Fsp3) is 1.00. The summed E-state index contributed by atoms with van der Waals surface area (Å²) in [7, 11) is -2.84. The van der Waals surface area contributed by atoms with Gasteiger partial charge in [0.1, 0.15) is 9.84 Å². The summed E-state index contributed by atoms with van der Waals surface area (Å²) in [4.78, 5) is 0. The van der Waals surface area contributed by atoms with E-state index in [0.717, 1.165) is 6.42 Å². The molecule has 0 aromatic heterocycles. The van der Waals surface area contributed by atoms with Crippen LogP contribution in [0.4, 0.5) is 0 Å². The van der Waals surface area contributed by atoms with Gasteiger partial charge in [0.15, 0.2) is 0 Å². The Morgan fingerprint density at radius 3 is 2.46 bits per heavy atom. The molecule has 13 heavy (non-hydrogen) atoms. The number of sulfone groups is 1. The van der Waals surface area contributed by atoms with E-state index in [9.17, 15) is 8.42 Å². The molecule has 0 fully saturated rings. The van der Waals surface area contributed by atoms with Crippen molar-refractivity contribution in [3.8, 4) is 0 Å². The van der Waals surface area contributed by atoms with Gasteiger partial charge < -0.3 is 10.4 Å². The van der Waals surface area contributed by atoms with Crippen LogP contribution in [0.1, 0.15) is 19.8 Å². The lowest BCUT2D eigenvalue weighted by Gasteiger charge is -2.12. The van der Waals surface area contributed by atoms with Crippen LogP contribution in [0.25, 0.3) is 0 Å². The lowest BCUT2D eigenvalue weighted by atomic mass is 10.2. The van der Waals surface area contributed by atoms with Gasteiger partial charge in [-0.1, -0.05) is 6.92 Å². The fourth-order valence-corrected chi connectivity index (χ4v) is 1.65. The lowest BCUT2D eigenvalue weighted by molar-refractivity contribution is 0.239. The average Bonchev–Trinajstić information content (AvgIpc) is 2.03. The van der Waals surface area contributed by atoms with Crippen molar-refractivity contribution in [2.24, 2.45) is 0 Å². The zero-order chi connectivity index (χ0) is 10.3. The van der Waals surface area contributed by atoms with Gasteiger partial charge in [-0.3, -0.25) is 0 Å². The van der Waals surface area contributed by atoms with Crippen molar-refractivity contribution >= 4 is 9.84 Å². The molecule has 4 nitrogen and oxygen atoms in total. The molecule has 5 heteroatoms. The molecule has 0 aliphatic rings. The molecule has 2 N–H and O–H groups in total. The predicted octanol–water partition coefficient (Wildman–Crippen LogP) is -0.218. The van der Waals surface area contributed by atoms with Crippen LogP contribution in [0.3, 0.4) is 0 Å². The quantitative estimate of drug-likeness (QED) is 0.569. The maximum Gasteiger partial charge on any atom is 0.147 e. The summed E-state index contributed by atoms with van der Waals surface area (Å²) in [5.74, 6) is 0.210. The Bertz CT molecular complexity index is 209. The van der Waals surface area contributed by atoms with Crippen molar-refractivity contribution in [3.05, 3.63) is 0 Å². The summed E-state index contributed by atoms with van der Waals surface area (Å²) in [6.45, 7) is 2.73. The van der Waals surface area contributed by atoms with Crippen molar-refractivity contribution in [1.29, 1.82) is 0 Å². The van der Waals surface area contributed by atoms with Crippen LogP contribution in [-0.2, 0) is 9.84 Å². The van der Waals surface area contributed by atoms with Crippen molar-refractivity contribution in [2.75, 3.05) is 25.2 Å². The smallest absolute Gasteiger partial charge is 0.147 e. The van der Waals surface area contributed by atoms with E-state index in [2.05, 4.69) is 5.32 Å². The Balaban J connectivity index is 3.45. The van der Waals surface area contributed by atoms with Gasteiger partial charge in [-0.25, -0.2) is 8.42 Å². The third-order valence-corrected chi connectivity index (χ3v) is 2.87. The largest absolute Gasteiger partial charge is 0.395 e. The minimum absolute atomic E-state index is 0.0968. The molecule has 80 valence electrons. The van der Waals surface area contributed by atoms with Gasteiger partial charge in [-0.2, -0.15) is 0 Å². The van der Waals surface area contributed by atoms with E-state index in [-0.39, 0.29) is 18.4 Å². The molecular weight excluding hydrogens is 190 g/mol. The van der Waals surface area contributed by atoms with E-state index in [0.29, 0.717) is 13.0 Å². The van der Waals surface area contributed by atoms with Crippen LogP contribution in [0.5, 0.6) is 0 Å². The van der Waals surface area contributed by atoms with E-state index in [1.807, 2.05) is 6.92 Å². The molecule has 0 bridgehead atoms. The first-order chi connectivity index (χ1) is 5.99. The van der Waals surface area contributed by atoms with Crippen LogP contribution >= 0.6 is 0 Å². The monoisotopic (exact) mass is 209 g/mol. The second-order valence-corrected chi connectivity index (χ2v) is 5.49. The molecule has 0 amide bonds. The molecule has 0 rings (SSSR count). The fourth-order valence-electron chi connectivity index (χ4n) is 0.979. The van der Waals surface area contributed by atoms with Gasteiger partial charge in [0.05, 0.1) is 12.4 Å². The molecule has 0 aromatic carbocycles. The minimum Gasteiger partial charge on any atom is -0.395 e. The Morgan fingerprint density at radius 1 is 1.46 bits per heavy atom. The van der Waals surface area contributed by atoms with Crippen LogP contribution in [0.2, 0.25) is 0 Å². The molecule has 1 atom stereocenters. The van der Waals surface area contributed by atoms with Crippen molar-refractivity contribution in [3.63, 3.8) is 0 Å². The Kier molecular flexibility index (Phi) is 6.28. The second kappa shape index (κ2) is 6.34. The minimum atomic E-state index is -2.84. The molecule has 0 aliphatic carbocycles. The van der Waals surface area contributed by atoms with E-state index in [1.165, 1.54) is 6.26 Å². The molecule has 0 spiro atoms. The number of hydrogen-bond donors (Lipinski definition) is 2. The molecular formula is C8H19NO3S. The van der Waals surface area contributed by atoms with Crippen molar-refractivity contribution in [1.82, 2.24) is 5.32 Å². The van der Waals surface area contributed by atoms with Crippen LogP contribution < -0.4 is 5.32 Å². The Labute approximate surface area is 80.3 Å². The number of nitrogens with one attached hydrogen (secondary N) is 1. The second-order valence-electron chi connectivity index (χ2n) is 3.23. The van der Waals surface area contributed by atoms with E-state index >= 15 is 0 Å². The van der Waals surface area contributed by atoms with Crippen molar-refractivity contribution in [2.45, 2.75) is 25.8 Å². The number of aliphatic hydroxyl groups excluding tert-OH is 1. The number of aliphatic hydroxyl groups is 1. The van der Waals surface area contributed by atoms with Gasteiger partial charge in [0.25, 0.3) is 0 Å². The zero-order valence-electron chi connectivity index (χ0n) is 8.28. The first kappa shape index (κ1) is 12.9. The highest BCUT2D eigenvalue weighted by Crippen LogP contribution is 1.91. The molecule has 0 saturated carbocycles. The first-order valence-electron chi connectivity index (χ1n) is 4.51. The molecule has 0 radical (unpaired) electrons. The van der Waals surface area contributed by atoms with E-state index in [1.54, 1.807) is 0 Å². The Morgan fingerprint density at radius 2 is 2.08 bits per heavy atom. The lowest BCUT2D eigenvalue weighted by Crippen LogP contribution is -2.33. The summed E-state index contributed by atoms with van der Waals surface area (Å²) >= 11 is 0. The van der Waals surface area contributed by atoms with Gasteiger partial charge in [-0.15, -0.1) is 0 Å². The number of rotatable bonds is 7. The van der Waals surface area contributed by atoms with Crippen LogP contribution in [-0.4, -0.2) is 44.7 Å². The van der Waals surface area contributed by atoms with Crippen LogP contribution in [0.15, 0.2) is 0 Å². The van der Waals surface area contributed by atoms with Crippen LogP contribution in [0, 0.1) is 0 Å². The highest BCUT2D eigenvalue weighted by atomic mass is 32.2. The van der Waals surface area contributed by atoms with Crippen molar-refractivity contribution < 1.29 is 13.5 Å². The molecule has 0 saturated heterocycles. The molecule has 1 unspecified atom stereocenters. The normalized spacial score (nSPS) is 14.4. The maximum atomic E-state index is 10.7. The van der Waals surface area contributed by atoms with E-state index < -0.39 is 9.84 Å². The topological polar surface area (TPSA) is 66.4 Å². The third kappa shape index (κ3) is 8.21. The zero-order valence-corrected chi connectivity index (χ0v) is 9.10. The predicted molar refractivity (Wildman–Crippen MR) is 53.5 cm³/mol. The molecule has 0 heterocycles. The SMILES string of the molecule is CCC(CO)NCCCS(C)(=O)=O. The maximum absolute atomic E-state index is 10.7. The average molecular weight is 209 g/mol. The highest BCUT2D eigenvalue weighted by molar-refractivity contribution is 7.90. The highest BCUT2D eigenvalue weighted by Gasteiger charge is 2.04. The summed E-state index contributed by atoms with van der Waals surface area (Å²) in [5, 5.41) is 11.9. The van der Waals surface area contributed by atoms with E-state index in [4.69, 9.17) is 5.11 Å². The molecule has 0 aliphatic heterocycles. The summed E-state index contributed by atoms with van der Waals surface area (Å²) in [5.41, 5.74) is 0. The standard InChI is InChI=1S/C8H19NO3S/c1-3-8(7-10)9-5-4-6-13(2,11)12/h8-10H,3-7H2,1-2H3. The Hall–Kier alpha value is -0.130. The number of hydrogen-bond acceptors (Lipinski definition) is 4. The summed E-state index contributed by atoms with van der Waals surface area (Å²) in [6, 6.07) is 0.0968. The van der Waals surface area contributed by atoms with Gasteiger partial charge in [0, 0.05) is 12.3 Å².